The Kier molecular flexibility index (Phi) is 4.20. The maximum absolute atomic E-state index is 14.0. The molecule has 1 spiro atoms. The van der Waals surface area contributed by atoms with Crippen molar-refractivity contribution in [3.63, 3.8) is 0 Å². The minimum atomic E-state index is -0.559. The Morgan fingerprint density at radius 3 is 2.79 bits per heavy atom. The smallest absolute Gasteiger partial charge is 0.256 e. The molecule has 1 amide bonds. The first-order valence-electron chi connectivity index (χ1n) is 9.53. The molecule has 148 valence electrons. The summed E-state index contributed by atoms with van der Waals surface area (Å²) in [6, 6.07) is 12.4. The highest BCUT2D eigenvalue weighted by molar-refractivity contribution is 5.94. The van der Waals surface area contributed by atoms with Gasteiger partial charge >= 0.3 is 0 Å². The second-order valence-electron chi connectivity index (χ2n) is 7.58. The normalized spacial score (nSPS) is 20.8. The fourth-order valence-corrected chi connectivity index (χ4v) is 4.21. The first-order chi connectivity index (χ1) is 14.0. The van der Waals surface area contributed by atoms with E-state index in [0.717, 1.165) is 17.1 Å². The van der Waals surface area contributed by atoms with Gasteiger partial charge in [0.15, 0.2) is 0 Å². The van der Waals surface area contributed by atoms with Crippen LogP contribution in [-0.2, 0) is 17.9 Å². The minimum absolute atomic E-state index is 0.0733. The van der Waals surface area contributed by atoms with Crippen LogP contribution >= 0.6 is 0 Å². The van der Waals surface area contributed by atoms with Gasteiger partial charge in [-0.3, -0.25) is 4.79 Å². The van der Waals surface area contributed by atoms with Crippen LogP contribution in [0, 0.1) is 11.6 Å². The fourth-order valence-electron chi connectivity index (χ4n) is 4.21. The zero-order valence-electron chi connectivity index (χ0n) is 15.6. The predicted molar refractivity (Wildman–Crippen MR) is 102 cm³/mol. The number of halogens is 2. The molecule has 2 aliphatic heterocycles. The van der Waals surface area contributed by atoms with E-state index in [-0.39, 0.29) is 17.3 Å². The summed E-state index contributed by atoms with van der Waals surface area (Å²) in [6.07, 6.45) is 2.37. The average molecular weight is 395 g/mol. The Balaban J connectivity index is 1.41. The quantitative estimate of drug-likeness (QED) is 0.666. The number of amides is 1. The van der Waals surface area contributed by atoms with Gasteiger partial charge in [-0.05, 0) is 30.7 Å². The monoisotopic (exact) mass is 395 g/mol. The van der Waals surface area contributed by atoms with Crippen molar-refractivity contribution in [2.24, 2.45) is 0 Å². The number of imidazole rings is 1. The van der Waals surface area contributed by atoms with Gasteiger partial charge in [0.25, 0.3) is 5.91 Å². The maximum Gasteiger partial charge on any atom is 0.256 e. The van der Waals surface area contributed by atoms with Crippen molar-refractivity contribution in [3.05, 3.63) is 77.8 Å². The van der Waals surface area contributed by atoms with Gasteiger partial charge < -0.3 is 14.2 Å². The van der Waals surface area contributed by atoms with Crippen molar-refractivity contribution in [2.45, 2.75) is 25.2 Å². The lowest BCUT2D eigenvalue weighted by molar-refractivity contribution is -0.0804. The van der Waals surface area contributed by atoms with E-state index in [2.05, 4.69) is 4.98 Å². The molecule has 1 aromatic heterocycles. The minimum Gasteiger partial charge on any atom is -0.363 e. The van der Waals surface area contributed by atoms with Crippen molar-refractivity contribution in [1.82, 2.24) is 14.5 Å². The lowest BCUT2D eigenvalue weighted by atomic mass is 10.0. The van der Waals surface area contributed by atoms with Crippen LogP contribution in [0.1, 0.15) is 22.6 Å². The van der Waals surface area contributed by atoms with Crippen molar-refractivity contribution in [2.75, 3.05) is 13.1 Å². The lowest BCUT2D eigenvalue weighted by Gasteiger charge is -2.35. The van der Waals surface area contributed by atoms with Gasteiger partial charge in [0.2, 0.25) is 0 Å². The highest BCUT2D eigenvalue weighted by atomic mass is 19.1. The van der Waals surface area contributed by atoms with Gasteiger partial charge in [-0.1, -0.05) is 24.3 Å². The SMILES string of the molecule is O=C(c1ccccc1F)N1CC[C@@]2(C1)Cn1c(-c3cccc(F)c3)cnc1CO2. The Hall–Kier alpha value is -3.06. The largest absolute Gasteiger partial charge is 0.363 e. The van der Waals surface area contributed by atoms with Crippen LogP contribution in [0.4, 0.5) is 8.78 Å². The number of ether oxygens (including phenoxy) is 1. The van der Waals surface area contributed by atoms with Crippen LogP contribution in [0.2, 0.25) is 0 Å². The Labute approximate surface area is 166 Å². The number of carbonyl (C=O) groups is 1. The summed E-state index contributed by atoms with van der Waals surface area (Å²) in [5.41, 5.74) is 1.08. The Morgan fingerprint density at radius 2 is 1.97 bits per heavy atom. The Bertz CT molecular complexity index is 1100. The number of carbonyl (C=O) groups excluding carboxylic acids is 1. The van der Waals surface area contributed by atoms with Gasteiger partial charge in [-0.25, -0.2) is 13.8 Å². The third kappa shape index (κ3) is 3.11. The molecule has 5 nitrogen and oxygen atoms in total. The summed E-state index contributed by atoms with van der Waals surface area (Å²) in [6.45, 7) is 1.69. The standard InChI is InChI=1S/C22H19F2N3O2/c23-16-5-3-4-15(10-16)19-11-25-20-12-29-22(14-27(19)20)8-9-26(13-22)21(28)17-6-1-2-7-18(17)24/h1-7,10-11H,8-9,12-14H2/t22-/m1/s1. The van der Waals surface area contributed by atoms with E-state index in [9.17, 15) is 13.6 Å². The molecular weight excluding hydrogens is 376 g/mol. The van der Waals surface area contributed by atoms with Crippen molar-refractivity contribution >= 4 is 5.91 Å². The maximum atomic E-state index is 14.0. The molecular formula is C22H19F2N3O2. The highest BCUT2D eigenvalue weighted by Gasteiger charge is 2.44. The van der Waals surface area contributed by atoms with E-state index in [1.54, 1.807) is 29.3 Å². The molecule has 29 heavy (non-hydrogen) atoms. The number of aromatic nitrogens is 2. The van der Waals surface area contributed by atoms with E-state index in [4.69, 9.17) is 4.74 Å². The van der Waals surface area contributed by atoms with Crippen molar-refractivity contribution < 1.29 is 18.3 Å². The summed E-state index contributed by atoms with van der Waals surface area (Å²) >= 11 is 0. The molecule has 2 aliphatic rings. The molecule has 1 atom stereocenters. The zero-order chi connectivity index (χ0) is 20.0. The summed E-state index contributed by atoms with van der Waals surface area (Å²) in [5.74, 6) is -0.380. The van der Waals surface area contributed by atoms with E-state index in [0.29, 0.717) is 32.7 Å². The summed E-state index contributed by atoms with van der Waals surface area (Å²) in [7, 11) is 0. The van der Waals surface area contributed by atoms with Gasteiger partial charge in [0.05, 0.1) is 30.5 Å². The van der Waals surface area contributed by atoms with Crippen LogP contribution in [0.25, 0.3) is 11.3 Å². The van der Waals surface area contributed by atoms with Crippen LogP contribution in [0.15, 0.2) is 54.7 Å². The number of nitrogens with zero attached hydrogens (tertiary/aromatic N) is 3. The zero-order valence-corrected chi connectivity index (χ0v) is 15.6. The fraction of sp³-hybridized carbons (Fsp3) is 0.273. The second-order valence-corrected chi connectivity index (χ2v) is 7.58. The average Bonchev–Trinajstić information content (AvgIpc) is 3.32. The van der Waals surface area contributed by atoms with Crippen molar-refractivity contribution in [1.29, 1.82) is 0 Å². The molecule has 0 aliphatic carbocycles. The van der Waals surface area contributed by atoms with Crippen LogP contribution in [0.5, 0.6) is 0 Å². The molecule has 0 unspecified atom stereocenters. The molecule has 3 heterocycles. The number of fused-ring (bicyclic) bond motifs is 1. The molecule has 5 rings (SSSR count). The third-order valence-corrected chi connectivity index (χ3v) is 5.72. The predicted octanol–water partition coefficient (Wildman–Crippen LogP) is 3.64. The van der Waals surface area contributed by atoms with Crippen molar-refractivity contribution in [3.8, 4) is 11.3 Å². The van der Waals surface area contributed by atoms with E-state index >= 15 is 0 Å². The van der Waals surface area contributed by atoms with Crippen LogP contribution < -0.4 is 0 Å². The number of likely N-dealkylation sites (tertiary alicyclic amines) is 1. The molecule has 0 bridgehead atoms. The molecule has 1 saturated heterocycles. The molecule has 2 aromatic carbocycles. The molecule has 0 saturated carbocycles. The van der Waals surface area contributed by atoms with Gasteiger partial charge in [-0.2, -0.15) is 0 Å². The molecule has 0 radical (unpaired) electrons. The molecule has 1 fully saturated rings. The van der Waals surface area contributed by atoms with E-state index < -0.39 is 11.4 Å². The number of hydrogen-bond acceptors (Lipinski definition) is 3. The first kappa shape index (κ1) is 18.0. The second kappa shape index (κ2) is 6.77. The third-order valence-electron chi connectivity index (χ3n) is 5.72. The van der Waals surface area contributed by atoms with E-state index in [1.165, 1.54) is 24.3 Å². The number of benzene rings is 2. The van der Waals surface area contributed by atoms with Crippen LogP contribution in [-0.4, -0.2) is 39.0 Å². The number of hydrogen-bond donors (Lipinski definition) is 0. The first-order valence-corrected chi connectivity index (χ1v) is 9.53. The summed E-state index contributed by atoms with van der Waals surface area (Å²) in [4.78, 5) is 18.8. The molecule has 7 heteroatoms. The number of rotatable bonds is 2. The topological polar surface area (TPSA) is 47.4 Å². The van der Waals surface area contributed by atoms with E-state index in [1.807, 2.05) is 10.6 Å². The van der Waals surface area contributed by atoms with Gasteiger partial charge in [0.1, 0.15) is 29.7 Å². The van der Waals surface area contributed by atoms with Crippen LogP contribution in [0.3, 0.4) is 0 Å². The lowest BCUT2D eigenvalue weighted by Crippen LogP contribution is -2.45. The van der Waals surface area contributed by atoms with Gasteiger partial charge in [0, 0.05) is 12.1 Å². The highest BCUT2D eigenvalue weighted by Crippen LogP contribution is 2.35. The van der Waals surface area contributed by atoms with Gasteiger partial charge in [-0.15, -0.1) is 0 Å². The summed E-state index contributed by atoms with van der Waals surface area (Å²) in [5, 5.41) is 0. The molecule has 0 N–H and O–H groups in total. The Morgan fingerprint density at radius 1 is 1.10 bits per heavy atom. The summed E-state index contributed by atoms with van der Waals surface area (Å²) < 4.78 is 35.9. The molecule has 3 aromatic rings.